The standard InChI is InChI=1S/C6H5ClS.Na/c7-5-2-1-3-6(8)4-5;/h1-4,8H;/q;+1/p-1. The fraction of sp³-hybridized carbons (Fsp3) is 0. The van der Waals surface area contributed by atoms with Crippen LogP contribution in [0.15, 0.2) is 29.2 Å². The third-order valence-electron chi connectivity index (χ3n) is 0.796. The minimum atomic E-state index is 0. The fourth-order valence-electron chi connectivity index (χ4n) is 0.467. The molecule has 0 unspecified atom stereocenters. The molecule has 0 aliphatic rings. The van der Waals surface area contributed by atoms with Gasteiger partial charge in [0.15, 0.2) is 0 Å². The van der Waals surface area contributed by atoms with Crippen molar-refractivity contribution in [1.29, 1.82) is 0 Å². The van der Waals surface area contributed by atoms with E-state index in [2.05, 4.69) is 0 Å². The molecule has 0 nitrogen and oxygen atoms in total. The summed E-state index contributed by atoms with van der Waals surface area (Å²) in [7, 11) is 0. The van der Waals surface area contributed by atoms with Gasteiger partial charge in [0.1, 0.15) is 0 Å². The van der Waals surface area contributed by atoms with Gasteiger partial charge in [-0.2, -0.15) is 4.90 Å². The molecule has 0 bridgehead atoms. The van der Waals surface area contributed by atoms with Gasteiger partial charge >= 0.3 is 29.6 Å². The number of hydrogen-bond acceptors (Lipinski definition) is 1. The van der Waals surface area contributed by atoms with Gasteiger partial charge in [0.05, 0.1) is 0 Å². The third kappa shape index (κ3) is 3.43. The van der Waals surface area contributed by atoms with Gasteiger partial charge in [-0.1, -0.05) is 29.8 Å². The first-order chi connectivity index (χ1) is 3.79. The molecule has 0 radical (unpaired) electrons. The Morgan fingerprint density at radius 1 is 1.33 bits per heavy atom. The van der Waals surface area contributed by atoms with Gasteiger partial charge in [-0.05, 0) is 6.07 Å². The van der Waals surface area contributed by atoms with Crippen LogP contribution in [0.5, 0.6) is 0 Å². The molecule has 1 rings (SSSR count). The van der Waals surface area contributed by atoms with E-state index in [1.54, 1.807) is 12.1 Å². The molecule has 0 N–H and O–H groups in total. The zero-order chi connectivity index (χ0) is 5.98. The number of benzene rings is 1. The van der Waals surface area contributed by atoms with Gasteiger partial charge in [0.2, 0.25) is 0 Å². The predicted molar refractivity (Wildman–Crippen MR) is 37.1 cm³/mol. The van der Waals surface area contributed by atoms with Crippen molar-refractivity contribution < 1.29 is 29.6 Å². The zero-order valence-corrected chi connectivity index (χ0v) is 8.67. The van der Waals surface area contributed by atoms with E-state index in [0.29, 0.717) is 5.02 Å². The van der Waals surface area contributed by atoms with Crippen molar-refractivity contribution in [1.82, 2.24) is 0 Å². The van der Waals surface area contributed by atoms with Crippen LogP contribution in [0, 0.1) is 0 Å². The molecule has 3 heteroatoms. The van der Waals surface area contributed by atoms with Crippen LogP contribution in [0.1, 0.15) is 0 Å². The van der Waals surface area contributed by atoms with E-state index in [0.717, 1.165) is 4.90 Å². The molecule has 0 aliphatic carbocycles. The summed E-state index contributed by atoms with van der Waals surface area (Å²) in [6, 6.07) is 7.22. The van der Waals surface area contributed by atoms with Crippen LogP contribution < -0.4 is 29.6 Å². The second kappa shape index (κ2) is 4.53. The fourth-order valence-corrected chi connectivity index (χ4v) is 0.928. The van der Waals surface area contributed by atoms with E-state index >= 15 is 0 Å². The predicted octanol–water partition coefficient (Wildman–Crippen LogP) is -0.750. The molecule has 0 heterocycles. The molecule has 0 saturated carbocycles. The maximum Gasteiger partial charge on any atom is 1.00 e. The molecule has 1 aromatic carbocycles. The minimum absolute atomic E-state index is 0. The summed E-state index contributed by atoms with van der Waals surface area (Å²) in [5.41, 5.74) is 0. The quantitative estimate of drug-likeness (QED) is 0.361. The third-order valence-corrected chi connectivity index (χ3v) is 1.29. The molecule has 0 saturated heterocycles. The Morgan fingerprint density at radius 3 is 2.33 bits per heavy atom. The molecular formula is C6H4ClNaS. The van der Waals surface area contributed by atoms with E-state index < -0.39 is 0 Å². The average Bonchev–Trinajstić information content (AvgIpc) is 1.64. The molecule has 0 aromatic heterocycles. The average molecular weight is 167 g/mol. The number of rotatable bonds is 0. The minimum Gasteiger partial charge on any atom is -0.780 e. The largest absolute Gasteiger partial charge is 1.00 e. The Kier molecular flexibility index (Phi) is 4.90. The summed E-state index contributed by atoms with van der Waals surface area (Å²) in [5.74, 6) is 0. The van der Waals surface area contributed by atoms with Crippen molar-refractivity contribution >= 4 is 24.2 Å². The summed E-state index contributed by atoms with van der Waals surface area (Å²) in [6.45, 7) is 0. The Bertz CT molecular complexity index is 173. The molecule has 9 heavy (non-hydrogen) atoms. The summed E-state index contributed by atoms with van der Waals surface area (Å²) in [5, 5.41) is 0.706. The van der Waals surface area contributed by atoms with E-state index in [-0.39, 0.29) is 29.6 Å². The summed E-state index contributed by atoms with van der Waals surface area (Å²) in [4.78, 5) is 0.789. The van der Waals surface area contributed by atoms with Crippen molar-refractivity contribution in [3.8, 4) is 0 Å². The Hall–Kier alpha value is 0.730. The van der Waals surface area contributed by atoms with Crippen molar-refractivity contribution in [2.45, 2.75) is 4.90 Å². The van der Waals surface area contributed by atoms with Crippen LogP contribution in [-0.2, 0) is 12.6 Å². The van der Waals surface area contributed by atoms with Gasteiger partial charge in [-0.3, -0.25) is 0 Å². The van der Waals surface area contributed by atoms with Gasteiger partial charge in [-0.25, -0.2) is 0 Å². The van der Waals surface area contributed by atoms with E-state index in [4.69, 9.17) is 24.2 Å². The Balaban J connectivity index is 0.000000640. The molecule has 1 aromatic rings. The van der Waals surface area contributed by atoms with Crippen molar-refractivity contribution in [2.75, 3.05) is 0 Å². The van der Waals surface area contributed by atoms with Crippen molar-refractivity contribution in [3.63, 3.8) is 0 Å². The first-order valence-corrected chi connectivity index (χ1v) is 3.00. The topological polar surface area (TPSA) is 0 Å². The SMILES string of the molecule is [Na+].[S-]c1cccc(Cl)c1. The van der Waals surface area contributed by atoms with Crippen LogP contribution in [-0.4, -0.2) is 0 Å². The molecule has 0 amide bonds. The number of hydrogen-bond donors (Lipinski definition) is 0. The van der Waals surface area contributed by atoms with Crippen LogP contribution in [0.25, 0.3) is 0 Å². The normalized spacial score (nSPS) is 8.11. The molecule has 0 aliphatic heterocycles. The summed E-state index contributed by atoms with van der Waals surface area (Å²) >= 11 is 10.4. The smallest absolute Gasteiger partial charge is 0.780 e. The Labute approximate surface area is 87.3 Å². The summed E-state index contributed by atoms with van der Waals surface area (Å²) in [6.07, 6.45) is 0. The zero-order valence-electron chi connectivity index (χ0n) is 5.10. The van der Waals surface area contributed by atoms with Gasteiger partial charge in [0.25, 0.3) is 0 Å². The van der Waals surface area contributed by atoms with E-state index in [9.17, 15) is 0 Å². The first kappa shape index (κ1) is 9.73. The maximum atomic E-state index is 5.58. The maximum absolute atomic E-state index is 5.58. The summed E-state index contributed by atoms with van der Waals surface area (Å²) < 4.78 is 0. The van der Waals surface area contributed by atoms with Crippen LogP contribution in [0.3, 0.4) is 0 Å². The molecular weight excluding hydrogens is 163 g/mol. The van der Waals surface area contributed by atoms with Crippen molar-refractivity contribution in [2.24, 2.45) is 0 Å². The molecule has 42 valence electrons. The Morgan fingerprint density at radius 2 is 2.00 bits per heavy atom. The first-order valence-electron chi connectivity index (χ1n) is 2.21. The molecule has 0 fully saturated rings. The van der Waals surface area contributed by atoms with Crippen molar-refractivity contribution in [3.05, 3.63) is 29.3 Å². The van der Waals surface area contributed by atoms with Gasteiger partial charge < -0.3 is 12.6 Å². The van der Waals surface area contributed by atoms with Crippen LogP contribution in [0.2, 0.25) is 5.02 Å². The van der Waals surface area contributed by atoms with Gasteiger partial charge in [0, 0.05) is 5.02 Å². The van der Waals surface area contributed by atoms with E-state index in [1.165, 1.54) is 0 Å². The second-order valence-corrected chi connectivity index (χ2v) is 2.37. The molecule has 0 spiro atoms. The van der Waals surface area contributed by atoms with E-state index in [1.807, 2.05) is 12.1 Å². The number of halogens is 1. The van der Waals surface area contributed by atoms with Crippen LogP contribution in [0.4, 0.5) is 0 Å². The van der Waals surface area contributed by atoms with Gasteiger partial charge in [-0.15, -0.1) is 0 Å². The second-order valence-electron chi connectivity index (χ2n) is 1.46. The monoisotopic (exact) mass is 166 g/mol. The molecule has 0 atom stereocenters. The van der Waals surface area contributed by atoms with Crippen LogP contribution >= 0.6 is 11.6 Å².